The molecule has 0 bridgehead atoms. The lowest BCUT2D eigenvalue weighted by Crippen LogP contribution is -2.53. The number of esters is 4. The van der Waals surface area contributed by atoms with E-state index in [0.717, 1.165) is 0 Å². The Morgan fingerprint density at radius 2 is 1.36 bits per heavy atom. The predicted octanol–water partition coefficient (Wildman–Crippen LogP) is 2.70. The number of rotatable bonds is 4. The summed E-state index contributed by atoms with van der Waals surface area (Å²) in [5.41, 5.74) is -4.73. The van der Waals surface area contributed by atoms with Gasteiger partial charge in [-0.2, -0.15) is 0 Å². The van der Waals surface area contributed by atoms with Crippen LogP contribution in [0.1, 0.15) is 75.2 Å². The largest absolute Gasteiger partial charge is 0.460 e. The Hall–Kier alpha value is -2.12. The van der Waals surface area contributed by atoms with Crippen LogP contribution in [-0.4, -0.2) is 46.3 Å². The van der Waals surface area contributed by atoms with Gasteiger partial charge in [0.2, 0.25) is 5.60 Å². The minimum atomic E-state index is -2.13. The van der Waals surface area contributed by atoms with Gasteiger partial charge in [-0.1, -0.05) is 0 Å². The molecule has 0 N–H and O–H groups in total. The molecule has 2 atom stereocenters. The van der Waals surface area contributed by atoms with Crippen LogP contribution in [0.4, 0.5) is 0 Å². The van der Waals surface area contributed by atoms with Gasteiger partial charge in [0, 0.05) is 0 Å². The molecular weight excluding hydrogens is 368 g/mol. The zero-order valence-corrected chi connectivity index (χ0v) is 18.3. The normalized spacial score (nSPS) is 23.0. The maximum Gasteiger partial charge on any atom is 0.352 e. The van der Waals surface area contributed by atoms with Crippen LogP contribution in [-0.2, 0) is 38.1 Å². The molecule has 8 heteroatoms. The summed E-state index contributed by atoms with van der Waals surface area (Å²) in [6.45, 7) is 14.9. The summed E-state index contributed by atoms with van der Waals surface area (Å²) in [5, 5.41) is 0. The fourth-order valence-electron chi connectivity index (χ4n) is 2.67. The van der Waals surface area contributed by atoms with Crippen molar-refractivity contribution in [2.24, 2.45) is 5.92 Å². The molecule has 160 valence electrons. The highest BCUT2D eigenvalue weighted by molar-refractivity contribution is 5.98. The molecule has 0 radical (unpaired) electrons. The van der Waals surface area contributed by atoms with E-state index in [9.17, 15) is 19.2 Å². The van der Waals surface area contributed by atoms with Gasteiger partial charge in [0.15, 0.2) is 0 Å². The molecule has 1 aliphatic heterocycles. The first kappa shape index (κ1) is 23.9. The molecule has 1 fully saturated rings. The third kappa shape index (κ3) is 6.80. The molecule has 1 heterocycles. The number of cyclic esters (lactones) is 1. The molecule has 0 spiro atoms. The van der Waals surface area contributed by atoms with E-state index in [2.05, 4.69) is 0 Å². The third-order valence-electron chi connectivity index (χ3n) is 3.49. The van der Waals surface area contributed by atoms with Crippen molar-refractivity contribution < 1.29 is 38.1 Å². The van der Waals surface area contributed by atoms with Crippen molar-refractivity contribution in [3.63, 3.8) is 0 Å². The summed E-state index contributed by atoms with van der Waals surface area (Å²) in [4.78, 5) is 50.3. The van der Waals surface area contributed by atoms with Crippen molar-refractivity contribution in [2.75, 3.05) is 0 Å². The first-order chi connectivity index (χ1) is 12.3. The minimum absolute atomic E-state index is 0.392. The molecule has 0 unspecified atom stereocenters. The second-order valence-corrected chi connectivity index (χ2v) is 9.92. The van der Waals surface area contributed by atoms with Gasteiger partial charge in [-0.15, -0.1) is 0 Å². The lowest BCUT2D eigenvalue weighted by molar-refractivity contribution is -0.197. The highest BCUT2D eigenvalue weighted by Crippen LogP contribution is 2.40. The molecule has 0 aromatic heterocycles. The number of hydrogen-bond donors (Lipinski definition) is 0. The Balaban J connectivity index is 3.33. The van der Waals surface area contributed by atoms with Crippen LogP contribution in [0.2, 0.25) is 0 Å². The van der Waals surface area contributed by atoms with Gasteiger partial charge in [-0.3, -0.25) is 14.4 Å². The highest BCUT2D eigenvalue weighted by Gasteiger charge is 2.62. The Morgan fingerprint density at radius 1 is 0.893 bits per heavy atom. The zero-order chi connectivity index (χ0) is 22.1. The van der Waals surface area contributed by atoms with E-state index >= 15 is 0 Å². The van der Waals surface area contributed by atoms with Crippen LogP contribution in [0.25, 0.3) is 0 Å². The van der Waals surface area contributed by atoms with E-state index in [1.807, 2.05) is 0 Å². The molecule has 8 nitrogen and oxygen atoms in total. The standard InChI is InChI=1S/C20H32O8/c1-17(2,3)25-14(22)11-20(16(24)28-19(7,8)9)12(10-13(21)26-20)15(23)27-18(4,5)6/h12H,10-11H2,1-9H3/t12-,20-/m1/s1. The average molecular weight is 400 g/mol. The fourth-order valence-corrected chi connectivity index (χ4v) is 2.67. The van der Waals surface area contributed by atoms with Gasteiger partial charge in [-0.05, 0) is 62.3 Å². The topological polar surface area (TPSA) is 105 Å². The van der Waals surface area contributed by atoms with Crippen molar-refractivity contribution in [2.45, 2.75) is 97.6 Å². The van der Waals surface area contributed by atoms with Crippen molar-refractivity contribution in [1.82, 2.24) is 0 Å². The molecule has 0 aromatic rings. The van der Waals surface area contributed by atoms with Crippen LogP contribution in [0, 0.1) is 5.92 Å². The monoisotopic (exact) mass is 400 g/mol. The molecule has 28 heavy (non-hydrogen) atoms. The van der Waals surface area contributed by atoms with Gasteiger partial charge in [0.1, 0.15) is 22.7 Å². The van der Waals surface area contributed by atoms with Crippen molar-refractivity contribution >= 4 is 23.9 Å². The van der Waals surface area contributed by atoms with Crippen LogP contribution in [0.5, 0.6) is 0 Å². The number of carbonyl (C=O) groups excluding carboxylic acids is 4. The lowest BCUT2D eigenvalue weighted by atomic mass is 9.84. The van der Waals surface area contributed by atoms with Crippen molar-refractivity contribution in [1.29, 1.82) is 0 Å². The van der Waals surface area contributed by atoms with Crippen molar-refractivity contribution in [3.8, 4) is 0 Å². The van der Waals surface area contributed by atoms with E-state index in [1.54, 1.807) is 62.3 Å². The molecule has 0 amide bonds. The van der Waals surface area contributed by atoms with E-state index < -0.39 is 65.0 Å². The summed E-state index contributed by atoms with van der Waals surface area (Å²) in [5.74, 6) is -4.69. The van der Waals surface area contributed by atoms with E-state index in [0.29, 0.717) is 0 Å². The molecule has 1 saturated heterocycles. The molecule has 0 aliphatic carbocycles. The second-order valence-electron chi connectivity index (χ2n) is 9.92. The average Bonchev–Trinajstić information content (AvgIpc) is 2.70. The Labute approximate surface area is 166 Å². The summed E-state index contributed by atoms with van der Waals surface area (Å²) >= 11 is 0. The SMILES string of the molecule is CC(C)(C)OC(=O)C[C@@]1(C(=O)OC(C)(C)C)OC(=O)C[C@@H]1C(=O)OC(C)(C)C. The number of hydrogen-bond acceptors (Lipinski definition) is 8. The summed E-state index contributed by atoms with van der Waals surface area (Å²) in [6.07, 6.45) is -1.04. The highest BCUT2D eigenvalue weighted by atomic mass is 16.6. The van der Waals surface area contributed by atoms with E-state index in [1.165, 1.54) is 0 Å². The van der Waals surface area contributed by atoms with Gasteiger partial charge in [0.05, 0.1) is 12.8 Å². The van der Waals surface area contributed by atoms with Crippen LogP contribution >= 0.6 is 0 Å². The number of carbonyl (C=O) groups is 4. The lowest BCUT2D eigenvalue weighted by Gasteiger charge is -2.34. The van der Waals surface area contributed by atoms with Gasteiger partial charge >= 0.3 is 23.9 Å². The van der Waals surface area contributed by atoms with E-state index in [-0.39, 0.29) is 0 Å². The van der Waals surface area contributed by atoms with Gasteiger partial charge in [0.25, 0.3) is 0 Å². The van der Waals surface area contributed by atoms with Crippen LogP contribution < -0.4 is 0 Å². The minimum Gasteiger partial charge on any atom is -0.460 e. The molecule has 1 rings (SSSR count). The Bertz CT molecular complexity index is 645. The predicted molar refractivity (Wildman–Crippen MR) is 99.1 cm³/mol. The van der Waals surface area contributed by atoms with Crippen molar-refractivity contribution in [3.05, 3.63) is 0 Å². The smallest absolute Gasteiger partial charge is 0.352 e. The second kappa shape index (κ2) is 7.72. The van der Waals surface area contributed by atoms with E-state index in [4.69, 9.17) is 18.9 Å². The third-order valence-corrected chi connectivity index (χ3v) is 3.49. The first-order valence-corrected chi connectivity index (χ1v) is 9.25. The fraction of sp³-hybridized carbons (Fsp3) is 0.800. The Morgan fingerprint density at radius 3 is 1.79 bits per heavy atom. The summed E-state index contributed by atoms with van der Waals surface area (Å²) in [6, 6.07) is 0. The molecule has 0 saturated carbocycles. The van der Waals surface area contributed by atoms with Gasteiger partial charge < -0.3 is 18.9 Å². The van der Waals surface area contributed by atoms with Crippen LogP contribution in [0.3, 0.4) is 0 Å². The first-order valence-electron chi connectivity index (χ1n) is 9.25. The number of ether oxygens (including phenoxy) is 4. The quantitative estimate of drug-likeness (QED) is 0.524. The maximum absolute atomic E-state index is 13.0. The molecular formula is C20H32O8. The summed E-state index contributed by atoms with van der Waals surface area (Å²) in [7, 11) is 0. The van der Waals surface area contributed by atoms with Crippen LogP contribution in [0.15, 0.2) is 0 Å². The molecule has 1 aliphatic rings. The van der Waals surface area contributed by atoms with Gasteiger partial charge in [-0.25, -0.2) is 4.79 Å². The summed E-state index contributed by atoms with van der Waals surface area (Å²) < 4.78 is 21.3. The maximum atomic E-state index is 13.0. The molecule has 0 aromatic carbocycles. The Kier molecular flexibility index (Phi) is 6.59. The zero-order valence-electron chi connectivity index (χ0n) is 18.3.